The molecule has 18 rings (SSSR count). The van der Waals surface area contributed by atoms with Crippen LogP contribution in [0.4, 0.5) is 68.2 Å². The average Bonchev–Trinajstić information content (AvgIpc) is 0.707. The number of aryl methyl sites for hydroxylation is 4. The minimum atomic E-state index is -0.136. The van der Waals surface area contributed by atoms with Crippen LogP contribution in [-0.4, -0.2) is 28.4 Å². The highest BCUT2D eigenvalue weighted by Crippen LogP contribution is 2.56. The van der Waals surface area contributed by atoms with E-state index in [1.807, 2.05) is 0 Å². The van der Waals surface area contributed by atoms with Crippen molar-refractivity contribution >= 4 is 133 Å². The Morgan fingerprint density at radius 3 is 0.655 bits per heavy atom. The molecular formula is C108H108N4O4. The third kappa shape index (κ3) is 14.5. The summed E-state index contributed by atoms with van der Waals surface area (Å²) in [7, 11) is 6.93. The van der Waals surface area contributed by atoms with Crippen molar-refractivity contribution in [1.82, 2.24) is 0 Å². The maximum absolute atomic E-state index is 5.67. The van der Waals surface area contributed by atoms with Gasteiger partial charge in [0.1, 0.15) is 23.0 Å². The third-order valence-electron chi connectivity index (χ3n) is 24.9. The number of hydrogen-bond acceptors (Lipinski definition) is 8. The van der Waals surface area contributed by atoms with Gasteiger partial charge in [-0.05, 0) is 311 Å². The molecule has 2 aliphatic rings. The van der Waals surface area contributed by atoms with Gasteiger partial charge in [0.2, 0.25) is 0 Å². The van der Waals surface area contributed by atoms with Crippen molar-refractivity contribution in [3.8, 4) is 23.0 Å². The van der Waals surface area contributed by atoms with Crippen LogP contribution in [0.2, 0.25) is 0 Å². The first kappa shape index (κ1) is 76.6. The van der Waals surface area contributed by atoms with Crippen molar-refractivity contribution in [3.05, 3.63) is 311 Å². The zero-order valence-electron chi connectivity index (χ0n) is 70.1. The van der Waals surface area contributed by atoms with Crippen LogP contribution in [0.25, 0.3) is 64.6 Å². The minimum absolute atomic E-state index is 0.136. The lowest BCUT2D eigenvalue weighted by Gasteiger charge is -2.33. The summed E-state index contributed by atoms with van der Waals surface area (Å²) in [6.07, 6.45) is 12.7. The van der Waals surface area contributed by atoms with Gasteiger partial charge in [-0.2, -0.15) is 0 Å². The maximum atomic E-state index is 5.67. The smallest absolute Gasteiger partial charge is 0.119 e. The van der Waals surface area contributed by atoms with Crippen molar-refractivity contribution in [1.29, 1.82) is 0 Å². The number of anilines is 12. The van der Waals surface area contributed by atoms with E-state index in [4.69, 9.17) is 18.9 Å². The van der Waals surface area contributed by atoms with Crippen LogP contribution >= 0.6 is 0 Å². The number of benzene rings is 16. The molecule has 16 aromatic rings. The Hall–Kier alpha value is -12.0. The zero-order valence-corrected chi connectivity index (χ0v) is 70.1. The average molecular weight is 1530 g/mol. The molecule has 584 valence electrons. The fourth-order valence-electron chi connectivity index (χ4n) is 18.9. The van der Waals surface area contributed by atoms with Gasteiger partial charge in [-0.3, -0.25) is 0 Å². The summed E-state index contributed by atoms with van der Waals surface area (Å²) >= 11 is 0. The summed E-state index contributed by atoms with van der Waals surface area (Å²) in [6.45, 7) is 22.6. The number of nitrogens with zero attached hydrogens (tertiary/aromatic N) is 4. The van der Waals surface area contributed by atoms with Crippen LogP contribution in [0, 0.1) is 27.7 Å². The molecule has 8 nitrogen and oxygen atoms in total. The summed E-state index contributed by atoms with van der Waals surface area (Å²) in [6, 6.07) is 99.3. The largest absolute Gasteiger partial charge is 0.497 e. The summed E-state index contributed by atoms with van der Waals surface area (Å²) < 4.78 is 22.5. The molecule has 2 saturated carbocycles. The lowest BCUT2D eigenvalue weighted by atomic mass is 9.77. The van der Waals surface area contributed by atoms with Gasteiger partial charge < -0.3 is 38.5 Å². The van der Waals surface area contributed by atoms with Crippen LogP contribution in [0.15, 0.2) is 267 Å². The van der Waals surface area contributed by atoms with Crippen molar-refractivity contribution in [2.45, 2.75) is 156 Å². The van der Waals surface area contributed by atoms with E-state index >= 15 is 0 Å². The molecule has 0 saturated heterocycles. The first-order valence-electron chi connectivity index (χ1n) is 41.9. The Morgan fingerprint density at radius 2 is 0.431 bits per heavy atom. The van der Waals surface area contributed by atoms with Gasteiger partial charge >= 0.3 is 0 Å². The second-order valence-corrected chi connectivity index (χ2v) is 34.6. The SMILES string of the molecule is COc1ccc(N(c2ccc(C)cc2)c2cc(C(C)(C)C)c3ccc4c(N(c5ccc(C)cc5)c5ccc(OC)cc5)cc(C(C)(C)C)c5ccc2c3c45)cc1.COc1ccc(N(c2ccc(C)cc2)c2cc(C3CCCCC3)c3ccc4c(N(c5ccc(C)cc5)c5ccc(OC)cc5)cc(C5CCCCC5)c5ccc2c3c54)cc1. The van der Waals surface area contributed by atoms with E-state index in [1.165, 1.54) is 185 Å². The second-order valence-electron chi connectivity index (χ2n) is 34.6. The maximum Gasteiger partial charge on any atom is 0.119 e. The highest BCUT2D eigenvalue weighted by molar-refractivity contribution is 6.31. The molecular weight excluding hydrogens is 1420 g/mol. The van der Waals surface area contributed by atoms with Crippen LogP contribution in [0.3, 0.4) is 0 Å². The molecule has 0 bridgehead atoms. The first-order chi connectivity index (χ1) is 56.2. The quantitative estimate of drug-likeness (QED) is 0.0788. The molecule has 2 fully saturated rings. The topological polar surface area (TPSA) is 49.9 Å². The lowest BCUT2D eigenvalue weighted by molar-refractivity contribution is 0.414. The molecule has 0 spiro atoms. The second kappa shape index (κ2) is 31.7. The Bertz CT molecular complexity index is 5790. The van der Waals surface area contributed by atoms with E-state index in [1.54, 1.807) is 28.4 Å². The van der Waals surface area contributed by atoms with Crippen LogP contribution in [-0.2, 0) is 10.8 Å². The Balaban J connectivity index is 0.000000167. The number of ether oxygens (including phenoxy) is 4. The monoisotopic (exact) mass is 1520 g/mol. The zero-order chi connectivity index (χ0) is 80.3. The van der Waals surface area contributed by atoms with Gasteiger partial charge in [0.15, 0.2) is 0 Å². The highest BCUT2D eigenvalue weighted by atomic mass is 16.5. The number of methoxy groups -OCH3 is 4. The van der Waals surface area contributed by atoms with E-state index in [0.717, 1.165) is 79.9 Å². The molecule has 0 heterocycles. The van der Waals surface area contributed by atoms with Gasteiger partial charge in [0.25, 0.3) is 0 Å². The van der Waals surface area contributed by atoms with Gasteiger partial charge in [0.05, 0.1) is 51.2 Å². The number of hydrogen-bond donors (Lipinski definition) is 0. The lowest BCUT2D eigenvalue weighted by Crippen LogP contribution is -2.17. The Labute approximate surface area is 686 Å². The van der Waals surface area contributed by atoms with Crippen molar-refractivity contribution in [2.75, 3.05) is 48.0 Å². The predicted octanol–water partition coefficient (Wildman–Crippen LogP) is 31.0. The number of rotatable bonds is 18. The first-order valence-corrected chi connectivity index (χ1v) is 41.9. The van der Waals surface area contributed by atoms with Crippen LogP contribution < -0.4 is 38.5 Å². The van der Waals surface area contributed by atoms with E-state index in [9.17, 15) is 0 Å². The van der Waals surface area contributed by atoms with E-state index < -0.39 is 0 Å². The fourth-order valence-corrected chi connectivity index (χ4v) is 18.9. The molecule has 8 heteroatoms. The molecule has 16 aromatic carbocycles. The van der Waals surface area contributed by atoms with Crippen LogP contribution in [0.1, 0.15) is 162 Å². The molecule has 0 atom stereocenters. The van der Waals surface area contributed by atoms with Crippen molar-refractivity contribution in [3.63, 3.8) is 0 Å². The Kier molecular flexibility index (Phi) is 20.9. The normalized spacial score (nSPS) is 13.7. The van der Waals surface area contributed by atoms with Crippen LogP contribution in [0.5, 0.6) is 23.0 Å². The predicted molar refractivity (Wildman–Crippen MR) is 493 cm³/mol. The molecule has 2 aliphatic carbocycles. The summed E-state index contributed by atoms with van der Waals surface area (Å²) in [4.78, 5) is 9.83. The molecule has 0 unspecified atom stereocenters. The van der Waals surface area contributed by atoms with Crippen molar-refractivity contribution < 1.29 is 18.9 Å². The van der Waals surface area contributed by atoms with Gasteiger partial charge in [0, 0.05) is 67.0 Å². The standard InChI is InChI=1S/C56H56N2O2.C52H52N2O2/c1-37-15-19-41(20-16-37)57(43-23-27-45(59-3)28-24-43)53-35-51(39-11-7-5-8-12-39)47-32-34-50-54(58(42-21-17-38(2)18-22-42)44-25-29-46(60-4)30-26-44)36-52(40-13-9-6-10-14-40)48-31-33-49(53)55(47)56(48)50;1-33-11-15-35(16-12-33)53(37-19-23-39(55-9)24-20-37)47-31-45(51(3,4)5)41-28-30-44-48(32-46(52(6,7)8)42-27-29-43(47)49(41)50(42)44)54(36-17-13-34(2)14-18-36)38-21-25-40(56-10)26-22-38/h15-36,39-40H,5-14H2,1-4H3;11-32H,1-10H3. The molecule has 0 amide bonds. The summed E-state index contributed by atoms with van der Waals surface area (Å²) in [5.74, 6) is 4.41. The van der Waals surface area contributed by atoms with Gasteiger partial charge in [-0.15, -0.1) is 0 Å². The highest BCUT2D eigenvalue weighted by Gasteiger charge is 2.33. The molecule has 116 heavy (non-hydrogen) atoms. The minimum Gasteiger partial charge on any atom is -0.497 e. The Morgan fingerprint density at radius 1 is 0.233 bits per heavy atom. The molecule has 0 aromatic heterocycles. The van der Waals surface area contributed by atoms with E-state index in [-0.39, 0.29) is 10.8 Å². The summed E-state index contributed by atoms with van der Waals surface area (Å²) in [5, 5.41) is 15.8. The van der Waals surface area contributed by atoms with Gasteiger partial charge in [-0.25, -0.2) is 0 Å². The molecule has 0 N–H and O–H groups in total. The van der Waals surface area contributed by atoms with E-state index in [2.05, 4.69) is 356 Å². The van der Waals surface area contributed by atoms with E-state index in [0.29, 0.717) is 11.8 Å². The molecule has 0 aliphatic heterocycles. The summed E-state index contributed by atoms with van der Waals surface area (Å²) in [5.41, 5.74) is 24.0. The van der Waals surface area contributed by atoms with Crippen molar-refractivity contribution in [2.24, 2.45) is 0 Å². The van der Waals surface area contributed by atoms with Gasteiger partial charge in [-0.1, -0.05) is 199 Å². The molecule has 0 radical (unpaired) electrons. The fraction of sp³-hybridized carbons (Fsp3) is 0.259. The third-order valence-corrected chi connectivity index (χ3v) is 24.9.